The van der Waals surface area contributed by atoms with E-state index in [0.717, 1.165) is 16.9 Å². The number of ether oxygens (including phenoxy) is 1. The Hall–Kier alpha value is -3.71. The van der Waals surface area contributed by atoms with Crippen molar-refractivity contribution in [2.45, 2.75) is 32.2 Å². The molecule has 0 atom stereocenters. The predicted octanol–water partition coefficient (Wildman–Crippen LogP) is 1.75. The van der Waals surface area contributed by atoms with Crippen LogP contribution in [0, 0.1) is 18.8 Å². The van der Waals surface area contributed by atoms with Crippen LogP contribution in [0.1, 0.15) is 25.3 Å². The molecule has 4 aromatic rings. The highest BCUT2D eigenvalue weighted by Crippen LogP contribution is 2.31. The summed E-state index contributed by atoms with van der Waals surface area (Å²) in [5, 5.41) is 7.43. The van der Waals surface area contributed by atoms with Gasteiger partial charge in [0.2, 0.25) is 5.95 Å². The molecule has 31 heavy (non-hydrogen) atoms. The van der Waals surface area contributed by atoms with E-state index in [0.29, 0.717) is 43.2 Å². The Morgan fingerprint density at radius 1 is 1.26 bits per heavy atom. The van der Waals surface area contributed by atoms with Crippen LogP contribution in [-0.2, 0) is 17.3 Å². The molecule has 0 radical (unpaired) electrons. The fraction of sp³-hybridized carbons (Fsp3) is 0.381. The van der Waals surface area contributed by atoms with Gasteiger partial charge in [0.15, 0.2) is 11.3 Å². The summed E-state index contributed by atoms with van der Waals surface area (Å²) in [6.45, 7) is 4.86. The number of anilines is 2. The number of hydrogen-bond donors (Lipinski definition) is 1. The van der Waals surface area contributed by atoms with Crippen molar-refractivity contribution in [1.82, 2.24) is 33.7 Å². The van der Waals surface area contributed by atoms with Crippen molar-refractivity contribution in [2.24, 2.45) is 7.05 Å². The van der Waals surface area contributed by atoms with Gasteiger partial charge in [-0.2, -0.15) is 10.1 Å². The van der Waals surface area contributed by atoms with Crippen molar-refractivity contribution in [3.05, 3.63) is 40.8 Å². The lowest BCUT2D eigenvalue weighted by atomic mass is 9.90. The molecule has 5 rings (SSSR count). The van der Waals surface area contributed by atoms with Crippen LogP contribution in [-0.4, -0.2) is 46.9 Å². The van der Waals surface area contributed by atoms with E-state index >= 15 is 0 Å². The number of aryl methyl sites for hydroxylation is 2. The molecule has 10 heteroatoms. The largest absolute Gasteiger partial charge is 0.381 e. The molecule has 0 spiro atoms. The third-order valence-electron chi connectivity index (χ3n) is 5.78. The average Bonchev–Trinajstić information content (AvgIpc) is 3.31. The van der Waals surface area contributed by atoms with Crippen molar-refractivity contribution in [1.29, 1.82) is 0 Å². The molecule has 1 aliphatic rings. The fourth-order valence-electron chi connectivity index (χ4n) is 4.11. The highest BCUT2D eigenvalue weighted by molar-refractivity contribution is 5.74. The second-order valence-corrected chi connectivity index (χ2v) is 7.66. The Morgan fingerprint density at radius 2 is 2.06 bits per heavy atom. The van der Waals surface area contributed by atoms with Crippen molar-refractivity contribution >= 4 is 28.4 Å². The molecule has 0 bridgehead atoms. The minimum absolute atomic E-state index is 0.161. The summed E-state index contributed by atoms with van der Waals surface area (Å²) in [6, 6.07) is 1.93. The van der Waals surface area contributed by atoms with Gasteiger partial charge in [0.25, 0.3) is 0 Å². The number of pyridine rings is 1. The first-order valence-electron chi connectivity index (χ1n) is 10.1. The molecule has 10 nitrogen and oxygen atoms in total. The van der Waals surface area contributed by atoms with Gasteiger partial charge in [0.1, 0.15) is 17.4 Å². The van der Waals surface area contributed by atoms with E-state index < -0.39 is 5.54 Å². The molecule has 4 aromatic heterocycles. The molecule has 1 aliphatic heterocycles. The minimum Gasteiger partial charge on any atom is -0.381 e. The summed E-state index contributed by atoms with van der Waals surface area (Å²) in [4.78, 5) is 26.6. The molecule has 0 amide bonds. The number of nitrogens with zero attached hydrogens (tertiary/aromatic N) is 7. The Labute approximate surface area is 177 Å². The third kappa shape index (κ3) is 3.05. The number of rotatable bonds is 3. The predicted molar refractivity (Wildman–Crippen MR) is 115 cm³/mol. The summed E-state index contributed by atoms with van der Waals surface area (Å²) in [6.07, 6.45) is 6.26. The van der Waals surface area contributed by atoms with Crippen LogP contribution < -0.4 is 11.0 Å². The summed E-state index contributed by atoms with van der Waals surface area (Å²) >= 11 is 0. The summed E-state index contributed by atoms with van der Waals surface area (Å²) < 4.78 is 10.5. The lowest BCUT2D eigenvalue weighted by Gasteiger charge is -2.33. The molecule has 5 heterocycles. The molecule has 1 N–H and O–H groups in total. The molecule has 0 aromatic carbocycles. The Balaban J connectivity index is 1.65. The highest BCUT2D eigenvalue weighted by Gasteiger charge is 2.37. The van der Waals surface area contributed by atoms with Crippen molar-refractivity contribution < 1.29 is 4.74 Å². The number of aromatic nitrogens is 7. The number of imidazole rings is 1. The molecular formula is C21H22N8O2. The van der Waals surface area contributed by atoms with Crippen LogP contribution in [0.4, 0.5) is 11.6 Å². The number of fused-ring (bicyclic) bond motifs is 2. The number of hydrogen-bond acceptors (Lipinski definition) is 7. The first kappa shape index (κ1) is 19.3. The van der Waals surface area contributed by atoms with Gasteiger partial charge in [-0.15, -0.1) is 5.92 Å². The average molecular weight is 418 g/mol. The Kier molecular flexibility index (Phi) is 4.48. The van der Waals surface area contributed by atoms with E-state index in [4.69, 9.17) is 9.72 Å². The fourth-order valence-corrected chi connectivity index (χ4v) is 4.11. The van der Waals surface area contributed by atoms with Gasteiger partial charge >= 0.3 is 5.69 Å². The monoisotopic (exact) mass is 418 g/mol. The highest BCUT2D eigenvalue weighted by atomic mass is 16.5. The van der Waals surface area contributed by atoms with Crippen LogP contribution in [0.5, 0.6) is 0 Å². The Morgan fingerprint density at radius 3 is 2.84 bits per heavy atom. The maximum absolute atomic E-state index is 13.2. The summed E-state index contributed by atoms with van der Waals surface area (Å²) in [5.74, 6) is 6.67. The van der Waals surface area contributed by atoms with E-state index in [1.807, 2.05) is 19.2 Å². The maximum atomic E-state index is 13.2. The molecule has 158 valence electrons. The van der Waals surface area contributed by atoms with Crippen molar-refractivity contribution in [2.75, 3.05) is 18.5 Å². The SMILES string of the molecule is CC#CC1(n2c(=O)n(C)c3cnc(Nc4cn5ncnc5cc4C)nc32)CCOCC1. The van der Waals surface area contributed by atoms with Gasteiger partial charge in [0.05, 0.1) is 18.1 Å². The zero-order chi connectivity index (χ0) is 21.6. The van der Waals surface area contributed by atoms with E-state index in [1.54, 1.807) is 33.8 Å². The molecule has 1 fully saturated rings. The summed E-state index contributed by atoms with van der Waals surface area (Å²) in [5.41, 5.74) is 2.94. The van der Waals surface area contributed by atoms with Gasteiger partial charge < -0.3 is 10.1 Å². The lowest BCUT2D eigenvalue weighted by Crippen LogP contribution is -2.44. The van der Waals surface area contributed by atoms with Crippen LogP contribution in [0.3, 0.4) is 0 Å². The quantitative estimate of drug-likeness (QED) is 0.506. The molecule has 0 unspecified atom stereocenters. The second kappa shape index (κ2) is 7.21. The molecule has 0 saturated carbocycles. The van der Waals surface area contributed by atoms with Gasteiger partial charge in [-0.3, -0.25) is 9.13 Å². The normalized spacial score (nSPS) is 15.7. The van der Waals surface area contributed by atoms with E-state index in [-0.39, 0.29) is 5.69 Å². The molecule has 1 saturated heterocycles. The lowest BCUT2D eigenvalue weighted by molar-refractivity contribution is 0.0456. The molecule has 0 aliphatic carbocycles. The minimum atomic E-state index is -0.648. The first-order valence-corrected chi connectivity index (χ1v) is 10.1. The Bertz CT molecular complexity index is 1410. The van der Waals surface area contributed by atoms with Gasteiger partial charge in [-0.1, -0.05) is 5.92 Å². The van der Waals surface area contributed by atoms with Crippen LogP contribution in [0.25, 0.3) is 16.8 Å². The van der Waals surface area contributed by atoms with Crippen LogP contribution in [0.15, 0.2) is 29.6 Å². The van der Waals surface area contributed by atoms with Gasteiger partial charge in [-0.05, 0) is 25.5 Å². The van der Waals surface area contributed by atoms with E-state index in [9.17, 15) is 4.79 Å². The maximum Gasteiger partial charge on any atom is 0.331 e. The van der Waals surface area contributed by atoms with Crippen LogP contribution >= 0.6 is 0 Å². The zero-order valence-corrected chi connectivity index (χ0v) is 17.6. The van der Waals surface area contributed by atoms with Crippen molar-refractivity contribution in [3.63, 3.8) is 0 Å². The van der Waals surface area contributed by atoms with Gasteiger partial charge in [-0.25, -0.2) is 19.3 Å². The summed E-state index contributed by atoms with van der Waals surface area (Å²) in [7, 11) is 1.73. The van der Waals surface area contributed by atoms with E-state index in [1.165, 1.54) is 6.33 Å². The van der Waals surface area contributed by atoms with E-state index in [2.05, 4.69) is 32.2 Å². The second-order valence-electron chi connectivity index (χ2n) is 7.66. The smallest absolute Gasteiger partial charge is 0.331 e. The van der Waals surface area contributed by atoms with Crippen molar-refractivity contribution in [3.8, 4) is 11.8 Å². The zero-order valence-electron chi connectivity index (χ0n) is 17.6. The third-order valence-corrected chi connectivity index (χ3v) is 5.78. The molecular weight excluding hydrogens is 396 g/mol. The van der Waals surface area contributed by atoms with Gasteiger partial charge in [0, 0.05) is 33.1 Å². The number of nitrogens with one attached hydrogen (secondary N) is 1. The van der Waals surface area contributed by atoms with Crippen LogP contribution in [0.2, 0.25) is 0 Å². The topological polar surface area (TPSA) is 104 Å². The first-order chi connectivity index (χ1) is 15.0. The standard InChI is InChI=1S/C21H22N8O2/c1-4-5-21(6-8-31-9-7-21)29-18-16(27(3)20(29)30)11-22-19(26-18)25-15-12-28-17(10-14(15)2)23-13-24-28/h10-13H,6-9H2,1-3H3,(H,22,25,26).